The van der Waals surface area contributed by atoms with E-state index in [4.69, 9.17) is 4.74 Å². The maximum Gasteiger partial charge on any atom is 0.421 e. The first-order chi connectivity index (χ1) is 10.1. The van der Waals surface area contributed by atoms with Crippen LogP contribution in [0.3, 0.4) is 0 Å². The number of halogens is 1. The average molecular weight is 307 g/mol. The zero-order valence-corrected chi connectivity index (χ0v) is 13.0. The maximum atomic E-state index is 15.2. The molecule has 22 heavy (non-hydrogen) atoms. The van der Waals surface area contributed by atoms with Crippen molar-refractivity contribution in [3.05, 3.63) is 29.8 Å². The SMILES string of the molecule is CC(=O)C[C@@]1(F)C(=O)N(C(=O)OC(C)(C)C)c2ccccc21. The van der Waals surface area contributed by atoms with E-state index in [9.17, 15) is 14.4 Å². The fourth-order valence-corrected chi connectivity index (χ4v) is 2.41. The third kappa shape index (κ3) is 2.73. The van der Waals surface area contributed by atoms with Crippen LogP contribution in [0.25, 0.3) is 0 Å². The van der Waals surface area contributed by atoms with E-state index in [0.29, 0.717) is 4.90 Å². The number of fused-ring (bicyclic) bond motifs is 1. The molecular weight excluding hydrogens is 289 g/mol. The summed E-state index contributed by atoms with van der Waals surface area (Å²) in [7, 11) is 0. The number of amides is 2. The maximum absolute atomic E-state index is 15.2. The Morgan fingerprint density at radius 1 is 1.27 bits per heavy atom. The first-order valence-electron chi connectivity index (χ1n) is 6.91. The standard InChI is InChI=1S/C16H18FNO4/c1-10(19)9-16(17)11-7-5-6-8-12(11)18(13(16)20)14(21)22-15(2,3)4/h5-8H,9H2,1-4H3/t16-/m0/s1. The fourth-order valence-electron chi connectivity index (χ4n) is 2.41. The smallest absolute Gasteiger partial charge is 0.421 e. The highest BCUT2D eigenvalue weighted by atomic mass is 19.1. The lowest BCUT2D eigenvalue weighted by molar-refractivity contribution is -0.134. The van der Waals surface area contributed by atoms with Gasteiger partial charge in [-0.25, -0.2) is 14.1 Å². The van der Waals surface area contributed by atoms with Crippen LogP contribution in [0.15, 0.2) is 24.3 Å². The zero-order valence-electron chi connectivity index (χ0n) is 13.0. The van der Waals surface area contributed by atoms with E-state index in [2.05, 4.69) is 0 Å². The number of carbonyl (C=O) groups is 3. The van der Waals surface area contributed by atoms with Crippen LogP contribution in [-0.2, 0) is 20.0 Å². The summed E-state index contributed by atoms with van der Waals surface area (Å²) in [5.74, 6) is -1.56. The fraction of sp³-hybridized carbons (Fsp3) is 0.438. The molecule has 118 valence electrons. The molecule has 1 aliphatic rings. The van der Waals surface area contributed by atoms with Gasteiger partial charge < -0.3 is 4.74 Å². The molecule has 2 amide bonds. The molecule has 0 unspecified atom stereocenters. The van der Waals surface area contributed by atoms with Gasteiger partial charge in [0.2, 0.25) is 5.67 Å². The van der Waals surface area contributed by atoms with Gasteiger partial charge in [0.25, 0.3) is 5.91 Å². The summed E-state index contributed by atoms with van der Waals surface area (Å²) in [4.78, 5) is 36.7. The zero-order chi connectivity index (χ0) is 16.7. The number of nitrogens with zero attached hydrogens (tertiary/aromatic N) is 1. The molecule has 1 aromatic rings. The largest absolute Gasteiger partial charge is 0.443 e. The summed E-state index contributed by atoms with van der Waals surface area (Å²) < 4.78 is 20.3. The lowest BCUT2D eigenvalue weighted by atomic mass is 9.92. The van der Waals surface area contributed by atoms with Gasteiger partial charge in [-0.3, -0.25) is 9.59 Å². The Kier molecular flexibility index (Phi) is 3.81. The molecule has 0 N–H and O–H groups in total. The second-order valence-corrected chi connectivity index (χ2v) is 6.32. The third-order valence-electron chi connectivity index (χ3n) is 3.18. The molecule has 2 rings (SSSR count). The second-order valence-electron chi connectivity index (χ2n) is 6.32. The first-order valence-corrected chi connectivity index (χ1v) is 6.91. The predicted molar refractivity (Wildman–Crippen MR) is 78.2 cm³/mol. The van der Waals surface area contributed by atoms with Crippen molar-refractivity contribution in [1.29, 1.82) is 0 Å². The summed E-state index contributed by atoms with van der Waals surface area (Å²) in [5.41, 5.74) is -3.22. The van der Waals surface area contributed by atoms with E-state index in [1.54, 1.807) is 32.9 Å². The number of carbonyl (C=O) groups excluding carboxylic acids is 3. The highest BCUT2D eigenvalue weighted by Crippen LogP contribution is 2.45. The number of imide groups is 1. The second kappa shape index (κ2) is 5.19. The number of Topliss-reactive ketones (excluding diaryl/α,β-unsaturated/α-hetero) is 1. The molecule has 0 spiro atoms. The molecule has 5 nitrogen and oxygen atoms in total. The number of ketones is 1. The number of benzene rings is 1. The topological polar surface area (TPSA) is 63.7 Å². The van der Waals surface area contributed by atoms with E-state index >= 15 is 4.39 Å². The molecule has 1 aliphatic heterocycles. The van der Waals surface area contributed by atoms with Crippen molar-refractivity contribution >= 4 is 23.5 Å². The number of hydrogen-bond donors (Lipinski definition) is 0. The van der Waals surface area contributed by atoms with Crippen molar-refractivity contribution in [1.82, 2.24) is 0 Å². The van der Waals surface area contributed by atoms with Crippen LogP contribution in [0, 0.1) is 0 Å². The Morgan fingerprint density at radius 3 is 2.41 bits per heavy atom. The van der Waals surface area contributed by atoms with Gasteiger partial charge in [-0.15, -0.1) is 0 Å². The van der Waals surface area contributed by atoms with E-state index < -0.39 is 35.5 Å². The Morgan fingerprint density at radius 2 is 1.86 bits per heavy atom. The van der Waals surface area contributed by atoms with Crippen molar-refractivity contribution in [2.45, 2.75) is 45.4 Å². The lowest BCUT2D eigenvalue weighted by Crippen LogP contribution is -2.44. The van der Waals surface area contributed by atoms with Crippen LogP contribution in [0.2, 0.25) is 0 Å². The van der Waals surface area contributed by atoms with Gasteiger partial charge in [-0.05, 0) is 33.8 Å². The van der Waals surface area contributed by atoms with Crippen LogP contribution in [0.4, 0.5) is 14.9 Å². The molecule has 1 heterocycles. The third-order valence-corrected chi connectivity index (χ3v) is 3.18. The van der Waals surface area contributed by atoms with Crippen molar-refractivity contribution in [2.24, 2.45) is 0 Å². The van der Waals surface area contributed by atoms with E-state index in [0.717, 1.165) is 0 Å². The molecule has 1 aromatic carbocycles. The number of ether oxygens (including phenoxy) is 1. The summed E-state index contributed by atoms with van der Waals surface area (Å²) in [6, 6.07) is 6.00. The van der Waals surface area contributed by atoms with Crippen molar-refractivity contribution in [3.8, 4) is 0 Å². The monoisotopic (exact) mass is 307 g/mol. The molecule has 0 aromatic heterocycles. The van der Waals surface area contributed by atoms with E-state index in [1.165, 1.54) is 19.1 Å². The summed E-state index contributed by atoms with van der Waals surface area (Å²) in [6.45, 7) is 6.15. The van der Waals surface area contributed by atoms with Crippen LogP contribution in [0.1, 0.15) is 39.7 Å². The van der Waals surface area contributed by atoms with Gasteiger partial charge in [0, 0.05) is 5.56 Å². The summed E-state index contributed by atoms with van der Waals surface area (Å²) in [5, 5.41) is 0. The summed E-state index contributed by atoms with van der Waals surface area (Å²) >= 11 is 0. The Hall–Kier alpha value is -2.24. The van der Waals surface area contributed by atoms with Gasteiger partial charge in [0.15, 0.2) is 0 Å². The Labute approximate surface area is 128 Å². The van der Waals surface area contributed by atoms with Gasteiger partial charge in [-0.1, -0.05) is 18.2 Å². The lowest BCUT2D eigenvalue weighted by Gasteiger charge is -2.24. The normalized spacial score (nSPS) is 20.8. The molecule has 0 saturated carbocycles. The van der Waals surface area contributed by atoms with Crippen LogP contribution in [0.5, 0.6) is 0 Å². The van der Waals surface area contributed by atoms with E-state index in [1.807, 2.05) is 0 Å². The number of anilines is 1. The van der Waals surface area contributed by atoms with Crippen LogP contribution >= 0.6 is 0 Å². The van der Waals surface area contributed by atoms with Crippen LogP contribution in [-0.4, -0.2) is 23.4 Å². The predicted octanol–water partition coefficient (Wildman–Crippen LogP) is 3.11. The molecule has 0 fully saturated rings. The first kappa shape index (κ1) is 16.1. The van der Waals surface area contributed by atoms with Crippen LogP contribution < -0.4 is 4.90 Å². The number of para-hydroxylation sites is 1. The van der Waals surface area contributed by atoms with Gasteiger partial charge in [0.1, 0.15) is 11.4 Å². The molecule has 0 aliphatic carbocycles. The minimum atomic E-state index is -2.53. The van der Waals surface area contributed by atoms with E-state index in [-0.39, 0.29) is 11.3 Å². The molecule has 0 radical (unpaired) electrons. The quantitative estimate of drug-likeness (QED) is 0.842. The Bertz CT molecular complexity index is 650. The van der Waals surface area contributed by atoms with Crippen molar-refractivity contribution < 1.29 is 23.5 Å². The van der Waals surface area contributed by atoms with Gasteiger partial charge in [-0.2, -0.15) is 0 Å². The minimum Gasteiger partial charge on any atom is -0.443 e. The number of rotatable bonds is 2. The van der Waals surface area contributed by atoms with Gasteiger partial charge >= 0.3 is 6.09 Å². The minimum absolute atomic E-state index is 0.0149. The molecule has 6 heteroatoms. The Balaban J connectivity index is 2.48. The highest BCUT2D eigenvalue weighted by molar-refractivity contribution is 6.21. The number of hydrogen-bond acceptors (Lipinski definition) is 4. The van der Waals surface area contributed by atoms with Crippen molar-refractivity contribution in [3.63, 3.8) is 0 Å². The molecular formula is C16H18FNO4. The summed E-state index contributed by atoms with van der Waals surface area (Å²) in [6.07, 6.45) is -1.56. The molecule has 1 atom stereocenters. The average Bonchev–Trinajstić information content (AvgIpc) is 2.56. The molecule has 0 saturated heterocycles. The number of alkyl halides is 1. The van der Waals surface area contributed by atoms with Gasteiger partial charge in [0.05, 0.1) is 12.1 Å². The highest BCUT2D eigenvalue weighted by Gasteiger charge is 2.55. The molecule has 0 bridgehead atoms. The van der Waals surface area contributed by atoms with Crippen molar-refractivity contribution in [2.75, 3.05) is 4.90 Å².